The predicted molar refractivity (Wildman–Crippen MR) is 57.0 cm³/mol. The molecule has 1 rings (SSSR count). The minimum absolute atomic E-state index is 0.405. The average molecular weight is 187 g/mol. The van der Waals surface area contributed by atoms with E-state index in [1.54, 1.807) is 6.08 Å². The molecule has 0 radical (unpaired) electrons. The second kappa shape index (κ2) is 5.08. The summed E-state index contributed by atoms with van der Waals surface area (Å²) in [5.41, 5.74) is 1.95. The minimum Gasteiger partial charge on any atom is -0.494 e. The van der Waals surface area contributed by atoms with Crippen molar-refractivity contribution in [2.75, 3.05) is 6.61 Å². The van der Waals surface area contributed by atoms with Crippen LogP contribution in [0.4, 0.5) is 0 Å². The van der Waals surface area contributed by atoms with Gasteiger partial charge in [-0.3, -0.25) is 0 Å². The summed E-state index contributed by atoms with van der Waals surface area (Å²) in [6.45, 7) is 6.26. The third-order valence-corrected chi connectivity index (χ3v) is 1.82. The van der Waals surface area contributed by atoms with Crippen LogP contribution in [0.5, 0.6) is 5.75 Å². The van der Waals surface area contributed by atoms with Gasteiger partial charge in [-0.05, 0) is 30.2 Å². The molecule has 0 N–H and O–H groups in total. The van der Waals surface area contributed by atoms with Gasteiger partial charge in [-0.15, -0.1) is 0 Å². The first kappa shape index (κ1) is 10.3. The van der Waals surface area contributed by atoms with E-state index >= 15 is 0 Å². The maximum absolute atomic E-state index is 8.59. The molecule has 0 spiro atoms. The van der Waals surface area contributed by atoms with E-state index in [4.69, 9.17) is 10.00 Å². The van der Waals surface area contributed by atoms with Crippen molar-refractivity contribution >= 4 is 6.08 Å². The summed E-state index contributed by atoms with van der Waals surface area (Å²) in [6.07, 6.45) is 2.16. The maximum atomic E-state index is 8.59. The summed E-state index contributed by atoms with van der Waals surface area (Å²) >= 11 is 0. The van der Waals surface area contributed by atoms with Crippen molar-refractivity contribution in [1.29, 1.82) is 5.26 Å². The smallest absolute Gasteiger partial charge is 0.120 e. The molecule has 0 bridgehead atoms. The molecule has 1 aromatic rings. The van der Waals surface area contributed by atoms with E-state index in [1.807, 2.05) is 25.1 Å². The minimum atomic E-state index is 0.405. The molecule has 0 heterocycles. The molecule has 0 unspecified atom stereocenters. The van der Waals surface area contributed by atoms with Crippen LogP contribution in [0.25, 0.3) is 6.08 Å². The van der Waals surface area contributed by atoms with Gasteiger partial charge in [-0.1, -0.05) is 18.7 Å². The van der Waals surface area contributed by atoms with Crippen molar-refractivity contribution in [1.82, 2.24) is 0 Å². The van der Waals surface area contributed by atoms with Crippen LogP contribution in [-0.2, 0) is 6.42 Å². The first-order chi connectivity index (χ1) is 6.80. The molecule has 0 saturated carbocycles. The lowest BCUT2D eigenvalue weighted by molar-refractivity contribution is 0.340. The first-order valence-corrected chi connectivity index (χ1v) is 4.56. The molecule has 0 aliphatic heterocycles. The standard InChI is InChI=1S/C12H13NO/c1-3-10-7-11(5-6-13)9-12(8-10)14-4-2/h3,7-9H,1,4-5H2,2H3. The highest BCUT2D eigenvalue weighted by molar-refractivity contribution is 5.52. The number of benzene rings is 1. The Labute approximate surface area is 84.4 Å². The molecule has 0 aromatic heterocycles. The summed E-state index contributed by atoms with van der Waals surface area (Å²) < 4.78 is 5.38. The van der Waals surface area contributed by atoms with E-state index in [-0.39, 0.29) is 0 Å². The summed E-state index contributed by atoms with van der Waals surface area (Å²) in [4.78, 5) is 0. The zero-order valence-corrected chi connectivity index (χ0v) is 8.29. The second-order valence-electron chi connectivity index (χ2n) is 2.88. The SMILES string of the molecule is C=Cc1cc(CC#N)cc(OCC)c1. The summed E-state index contributed by atoms with van der Waals surface area (Å²) in [6, 6.07) is 7.86. The van der Waals surface area contributed by atoms with Crippen LogP contribution >= 0.6 is 0 Å². The topological polar surface area (TPSA) is 33.0 Å². The second-order valence-corrected chi connectivity index (χ2v) is 2.88. The van der Waals surface area contributed by atoms with Gasteiger partial charge in [0.25, 0.3) is 0 Å². The predicted octanol–water partition coefficient (Wildman–Crippen LogP) is 2.79. The van der Waals surface area contributed by atoms with Crippen molar-refractivity contribution in [2.24, 2.45) is 0 Å². The van der Waals surface area contributed by atoms with Crippen molar-refractivity contribution < 1.29 is 4.74 Å². The zero-order chi connectivity index (χ0) is 10.4. The van der Waals surface area contributed by atoms with Crippen LogP contribution in [-0.4, -0.2) is 6.61 Å². The van der Waals surface area contributed by atoms with E-state index in [1.165, 1.54) is 0 Å². The van der Waals surface area contributed by atoms with Crippen LogP contribution in [0.1, 0.15) is 18.1 Å². The fourth-order valence-corrected chi connectivity index (χ4v) is 1.25. The molecular weight excluding hydrogens is 174 g/mol. The lowest BCUT2D eigenvalue weighted by atomic mass is 10.1. The molecule has 0 aliphatic rings. The Bertz CT molecular complexity index is 363. The average Bonchev–Trinajstić information content (AvgIpc) is 2.18. The molecule has 0 atom stereocenters. The van der Waals surface area contributed by atoms with Gasteiger partial charge >= 0.3 is 0 Å². The van der Waals surface area contributed by atoms with Crippen LogP contribution < -0.4 is 4.74 Å². The van der Waals surface area contributed by atoms with Crippen LogP contribution in [0.2, 0.25) is 0 Å². The van der Waals surface area contributed by atoms with E-state index in [2.05, 4.69) is 12.6 Å². The Morgan fingerprint density at radius 3 is 2.86 bits per heavy atom. The Kier molecular flexibility index (Phi) is 3.75. The number of rotatable bonds is 4. The van der Waals surface area contributed by atoms with Crippen molar-refractivity contribution in [3.8, 4) is 11.8 Å². The quantitative estimate of drug-likeness (QED) is 0.726. The third kappa shape index (κ3) is 2.63. The van der Waals surface area contributed by atoms with Gasteiger partial charge in [0.15, 0.2) is 0 Å². The van der Waals surface area contributed by atoms with Gasteiger partial charge in [0, 0.05) is 0 Å². The molecule has 1 aromatic carbocycles. The van der Waals surface area contributed by atoms with Gasteiger partial charge in [0.1, 0.15) is 5.75 Å². The molecule has 72 valence electrons. The number of nitrogens with zero attached hydrogens (tertiary/aromatic N) is 1. The molecule has 0 saturated heterocycles. The van der Waals surface area contributed by atoms with Gasteiger partial charge in [-0.25, -0.2) is 0 Å². The van der Waals surface area contributed by atoms with Gasteiger partial charge in [-0.2, -0.15) is 5.26 Å². The lowest BCUT2D eigenvalue weighted by Crippen LogP contribution is -1.93. The number of nitriles is 1. The molecule has 0 fully saturated rings. The Balaban J connectivity index is 3.01. The third-order valence-electron chi connectivity index (χ3n) is 1.82. The highest BCUT2D eigenvalue weighted by Gasteiger charge is 1.99. The largest absolute Gasteiger partial charge is 0.494 e. The summed E-state index contributed by atoms with van der Waals surface area (Å²) in [5, 5.41) is 8.59. The van der Waals surface area contributed by atoms with Gasteiger partial charge < -0.3 is 4.74 Å². The first-order valence-electron chi connectivity index (χ1n) is 4.56. The molecular formula is C12H13NO. The van der Waals surface area contributed by atoms with E-state index in [0.29, 0.717) is 13.0 Å². The molecule has 2 nitrogen and oxygen atoms in total. The van der Waals surface area contributed by atoms with E-state index in [9.17, 15) is 0 Å². The van der Waals surface area contributed by atoms with Crippen molar-refractivity contribution in [3.05, 3.63) is 35.9 Å². The Hall–Kier alpha value is -1.75. The van der Waals surface area contributed by atoms with E-state index < -0.39 is 0 Å². The fourth-order valence-electron chi connectivity index (χ4n) is 1.25. The molecule has 0 amide bonds. The van der Waals surface area contributed by atoms with Crippen molar-refractivity contribution in [3.63, 3.8) is 0 Å². The highest BCUT2D eigenvalue weighted by Crippen LogP contribution is 2.18. The molecule has 14 heavy (non-hydrogen) atoms. The van der Waals surface area contributed by atoms with Gasteiger partial charge in [0.2, 0.25) is 0 Å². The Morgan fingerprint density at radius 1 is 1.50 bits per heavy atom. The highest BCUT2D eigenvalue weighted by atomic mass is 16.5. The lowest BCUT2D eigenvalue weighted by Gasteiger charge is -2.06. The normalized spacial score (nSPS) is 9.14. The number of ether oxygens (including phenoxy) is 1. The number of hydrogen-bond acceptors (Lipinski definition) is 2. The van der Waals surface area contributed by atoms with Crippen molar-refractivity contribution in [2.45, 2.75) is 13.3 Å². The van der Waals surface area contributed by atoms with Crippen LogP contribution in [0, 0.1) is 11.3 Å². The molecule has 2 heteroatoms. The van der Waals surface area contributed by atoms with Crippen LogP contribution in [0.3, 0.4) is 0 Å². The maximum Gasteiger partial charge on any atom is 0.120 e. The zero-order valence-electron chi connectivity index (χ0n) is 8.29. The monoisotopic (exact) mass is 187 g/mol. The van der Waals surface area contributed by atoms with E-state index in [0.717, 1.165) is 16.9 Å². The summed E-state index contributed by atoms with van der Waals surface area (Å²) in [5.74, 6) is 0.801. The Morgan fingerprint density at radius 2 is 2.29 bits per heavy atom. The number of hydrogen-bond donors (Lipinski definition) is 0. The van der Waals surface area contributed by atoms with Gasteiger partial charge in [0.05, 0.1) is 19.1 Å². The fraction of sp³-hybridized carbons (Fsp3) is 0.250. The van der Waals surface area contributed by atoms with Crippen LogP contribution in [0.15, 0.2) is 24.8 Å². The molecule has 0 aliphatic carbocycles. The summed E-state index contributed by atoms with van der Waals surface area (Å²) in [7, 11) is 0.